The van der Waals surface area contributed by atoms with E-state index in [4.69, 9.17) is 10.5 Å². The SMILES string of the molecule is COC(=O)c1cc(C)ccc1NC(=O)[C@@H](N)C(C)C. The smallest absolute Gasteiger partial charge is 0.339 e. The Kier molecular flexibility index (Phi) is 5.06. The van der Waals surface area contributed by atoms with Gasteiger partial charge in [0.25, 0.3) is 0 Å². The number of aryl methyl sites for hydroxylation is 1. The summed E-state index contributed by atoms with van der Waals surface area (Å²) < 4.78 is 4.70. The number of anilines is 1. The lowest BCUT2D eigenvalue weighted by atomic mass is 10.0. The van der Waals surface area contributed by atoms with Crippen LogP contribution in [0.1, 0.15) is 29.8 Å². The Morgan fingerprint density at radius 1 is 1.32 bits per heavy atom. The molecule has 0 bridgehead atoms. The van der Waals surface area contributed by atoms with Crippen LogP contribution in [-0.4, -0.2) is 25.0 Å². The van der Waals surface area contributed by atoms with Crippen LogP contribution in [0.3, 0.4) is 0 Å². The highest BCUT2D eigenvalue weighted by Crippen LogP contribution is 2.19. The maximum Gasteiger partial charge on any atom is 0.339 e. The van der Waals surface area contributed by atoms with Crippen molar-refractivity contribution in [1.29, 1.82) is 0 Å². The van der Waals surface area contributed by atoms with Crippen molar-refractivity contribution in [3.05, 3.63) is 29.3 Å². The first-order valence-electron chi connectivity index (χ1n) is 6.12. The Hall–Kier alpha value is -1.88. The number of hydrogen-bond acceptors (Lipinski definition) is 4. The fourth-order valence-corrected chi connectivity index (χ4v) is 1.56. The normalized spacial score (nSPS) is 12.1. The minimum atomic E-state index is -0.619. The van der Waals surface area contributed by atoms with E-state index in [9.17, 15) is 9.59 Å². The van der Waals surface area contributed by atoms with Crippen LogP contribution < -0.4 is 11.1 Å². The zero-order valence-corrected chi connectivity index (χ0v) is 11.7. The number of esters is 1. The summed E-state index contributed by atoms with van der Waals surface area (Å²) in [5.74, 6) is -0.784. The Morgan fingerprint density at radius 3 is 2.47 bits per heavy atom. The number of rotatable bonds is 4. The highest BCUT2D eigenvalue weighted by molar-refractivity contribution is 6.02. The van der Waals surface area contributed by atoms with Gasteiger partial charge in [-0.15, -0.1) is 0 Å². The van der Waals surface area contributed by atoms with E-state index in [1.54, 1.807) is 12.1 Å². The molecule has 0 aliphatic heterocycles. The van der Waals surface area contributed by atoms with Gasteiger partial charge in [0.2, 0.25) is 5.91 Å². The molecule has 0 aliphatic carbocycles. The lowest BCUT2D eigenvalue weighted by Gasteiger charge is -2.17. The van der Waals surface area contributed by atoms with E-state index in [1.165, 1.54) is 7.11 Å². The predicted molar refractivity (Wildman–Crippen MR) is 74.0 cm³/mol. The maximum absolute atomic E-state index is 11.9. The number of carbonyl (C=O) groups excluding carboxylic acids is 2. The lowest BCUT2D eigenvalue weighted by Crippen LogP contribution is -2.40. The molecule has 0 saturated heterocycles. The van der Waals surface area contributed by atoms with Gasteiger partial charge in [-0.05, 0) is 25.0 Å². The molecule has 1 rings (SSSR count). The van der Waals surface area contributed by atoms with Crippen LogP contribution in [0.2, 0.25) is 0 Å². The van der Waals surface area contributed by atoms with Crippen LogP contribution in [0.5, 0.6) is 0 Å². The van der Waals surface area contributed by atoms with Crippen molar-refractivity contribution in [2.45, 2.75) is 26.8 Å². The predicted octanol–water partition coefficient (Wildman–Crippen LogP) is 1.70. The molecule has 0 aromatic heterocycles. The molecule has 5 heteroatoms. The molecule has 0 fully saturated rings. The highest BCUT2D eigenvalue weighted by atomic mass is 16.5. The fraction of sp³-hybridized carbons (Fsp3) is 0.429. The molecular weight excluding hydrogens is 244 g/mol. The number of nitrogens with one attached hydrogen (secondary N) is 1. The van der Waals surface area contributed by atoms with Crippen molar-refractivity contribution >= 4 is 17.6 Å². The summed E-state index contributed by atoms with van der Waals surface area (Å²) in [6.07, 6.45) is 0. The van der Waals surface area contributed by atoms with Crippen LogP contribution in [0, 0.1) is 12.8 Å². The monoisotopic (exact) mass is 264 g/mol. The summed E-state index contributed by atoms with van der Waals surface area (Å²) in [6, 6.07) is 4.53. The zero-order chi connectivity index (χ0) is 14.6. The largest absolute Gasteiger partial charge is 0.465 e. The number of carbonyl (C=O) groups is 2. The summed E-state index contributed by atoms with van der Waals surface area (Å²) in [5.41, 5.74) is 7.42. The van der Waals surface area contributed by atoms with E-state index in [2.05, 4.69) is 5.32 Å². The first-order valence-corrected chi connectivity index (χ1v) is 6.12. The maximum atomic E-state index is 11.9. The molecule has 5 nitrogen and oxygen atoms in total. The molecule has 0 spiro atoms. The molecule has 0 unspecified atom stereocenters. The van der Waals surface area contributed by atoms with Crippen molar-refractivity contribution in [3.8, 4) is 0 Å². The average molecular weight is 264 g/mol. The molecule has 1 amide bonds. The molecule has 0 saturated carbocycles. The fourth-order valence-electron chi connectivity index (χ4n) is 1.56. The second-order valence-corrected chi connectivity index (χ2v) is 4.80. The number of amides is 1. The first kappa shape index (κ1) is 15.2. The van der Waals surface area contributed by atoms with Gasteiger partial charge in [-0.2, -0.15) is 0 Å². The van der Waals surface area contributed by atoms with Gasteiger partial charge in [-0.3, -0.25) is 4.79 Å². The number of hydrogen-bond donors (Lipinski definition) is 2. The third-order valence-electron chi connectivity index (χ3n) is 2.86. The lowest BCUT2D eigenvalue weighted by molar-refractivity contribution is -0.118. The summed E-state index contributed by atoms with van der Waals surface area (Å²) in [4.78, 5) is 23.6. The third-order valence-corrected chi connectivity index (χ3v) is 2.86. The van der Waals surface area contributed by atoms with Crippen molar-refractivity contribution in [3.63, 3.8) is 0 Å². The zero-order valence-electron chi connectivity index (χ0n) is 11.7. The van der Waals surface area contributed by atoms with Gasteiger partial charge in [-0.1, -0.05) is 25.5 Å². The van der Waals surface area contributed by atoms with Gasteiger partial charge in [0.05, 0.1) is 24.4 Å². The number of methoxy groups -OCH3 is 1. The van der Waals surface area contributed by atoms with Crippen LogP contribution in [0.4, 0.5) is 5.69 Å². The average Bonchev–Trinajstić information content (AvgIpc) is 2.38. The van der Waals surface area contributed by atoms with Crippen molar-refractivity contribution < 1.29 is 14.3 Å². The van der Waals surface area contributed by atoms with E-state index in [-0.39, 0.29) is 11.8 Å². The molecule has 0 aliphatic rings. The number of ether oxygens (including phenoxy) is 1. The summed E-state index contributed by atoms with van der Waals surface area (Å²) >= 11 is 0. The highest BCUT2D eigenvalue weighted by Gasteiger charge is 2.20. The molecule has 104 valence electrons. The van der Waals surface area contributed by atoms with E-state index >= 15 is 0 Å². The van der Waals surface area contributed by atoms with Gasteiger partial charge in [0.1, 0.15) is 0 Å². The van der Waals surface area contributed by atoms with Crippen molar-refractivity contribution in [2.75, 3.05) is 12.4 Å². The summed E-state index contributed by atoms with van der Waals surface area (Å²) in [6.45, 7) is 5.58. The Morgan fingerprint density at radius 2 is 1.95 bits per heavy atom. The minimum Gasteiger partial charge on any atom is -0.465 e. The summed E-state index contributed by atoms with van der Waals surface area (Å²) in [5, 5.41) is 2.67. The molecule has 0 heterocycles. The number of nitrogens with two attached hydrogens (primary N) is 1. The topological polar surface area (TPSA) is 81.4 Å². The van der Waals surface area contributed by atoms with E-state index in [0.717, 1.165) is 5.56 Å². The van der Waals surface area contributed by atoms with E-state index < -0.39 is 12.0 Å². The van der Waals surface area contributed by atoms with Gasteiger partial charge in [0, 0.05) is 0 Å². The van der Waals surface area contributed by atoms with Crippen molar-refractivity contribution in [1.82, 2.24) is 0 Å². The number of benzene rings is 1. The Balaban J connectivity index is 3.01. The van der Waals surface area contributed by atoms with Gasteiger partial charge < -0.3 is 15.8 Å². The second-order valence-electron chi connectivity index (χ2n) is 4.80. The minimum absolute atomic E-state index is 0.0204. The Labute approximate surface area is 113 Å². The quantitative estimate of drug-likeness (QED) is 0.811. The van der Waals surface area contributed by atoms with Crippen LogP contribution >= 0.6 is 0 Å². The molecule has 0 radical (unpaired) electrons. The van der Waals surface area contributed by atoms with E-state index in [0.29, 0.717) is 11.3 Å². The molecule has 3 N–H and O–H groups in total. The van der Waals surface area contributed by atoms with Crippen LogP contribution in [-0.2, 0) is 9.53 Å². The van der Waals surface area contributed by atoms with E-state index in [1.807, 2.05) is 26.8 Å². The Bertz CT molecular complexity index is 484. The standard InChI is InChI=1S/C14H20N2O3/c1-8(2)12(15)13(17)16-11-6-5-9(3)7-10(11)14(18)19-4/h5-8,12H,15H2,1-4H3,(H,16,17)/t12-/m0/s1. The molecule has 1 atom stereocenters. The van der Waals surface area contributed by atoms with Crippen molar-refractivity contribution in [2.24, 2.45) is 11.7 Å². The molecular formula is C14H20N2O3. The second kappa shape index (κ2) is 6.33. The molecule has 1 aromatic carbocycles. The first-order chi connectivity index (χ1) is 8.86. The van der Waals surface area contributed by atoms with Gasteiger partial charge in [-0.25, -0.2) is 4.79 Å². The summed E-state index contributed by atoms with van der Waals surface area (Å²) in [7, 11) is 1.30. The van der Waals surface area contributed by atoms with Crippen LogP contribution in [0.15, 0.2) is 18.2 Å². The molecule has 1 aromatic rings. The molecule has 19 heavy (non-hydrogen) atoms. The van der Waals surface area contributed by atoms with Crippen LogP contribution in [0.25, 0.3) is 0 Å². The van der Waals surface area contributed by atoms with Gasteiger partial charge >= 0.3 is 5.97 Å². The van der Waals surface area contributed by atoms with Gasteiger partial charge in [0.15, 0.2) is 0 Å². The third kappa shape index (κ3) is 3.79.